The number of sulfonamides is 1. The highest BCUT2D eigenvalue weighted by Gasteiger charge is 2.37. The molecule has 1 fully saturated rings. The zero-order valence-electron chi connectivity index (χ0n) is 9.75. The Hall–Kier alpha value is -0.660. The van der Waals surface area contributed by atoms with Gasteiger partial charge in [-0.3, -0.25) is 4.79 Å². The lowest BCUT2D eigenvalue weighted by atomic mass is 10.0. The first kappa shape index (κ1) is 13.4. The zero-order chi connectivity index (χ0) is 12.5. The van der Waals surface area contributed by atoms with Gasteiger partial charge in [0.2, 0.25) is 10.0 Å². The summed E-state index contributed by atoms with van der Waals surface area (Å²) in [4.78, 5) is 12.7. The highest BCUT2D eigenvalue weighted by Crippen LogP contribution is 2.21. The van der Waals surface area contributed by atoms with Crippen LogP contribution < -0.4 is 0 Å². The molecular formula is C9H18N2O4S. The largest absolute Gasteiger partial charge is 0.481 e. The third-order valence-electron chi connectivity index (χ3n) is 3.10. The summed E-state index contributed by atoms with van der Waals surface area (Å²) in [6, 6.07) is -0.564. The molecule has 0 saturated carbocycles. The summed E-state index contributed by atoms with van der Waals surface area (Å²) >= 11 is 0. The Morgan fingerprint density at radius 2 is 2.00 bits per heavy atom. The predicted molar refractivity (Wildman–Crippen MR) is 59.7 cm³/mol. The van der Waals surface area contributed by atoms with Crippen molar-refractivity contribution in [1.82, 2.24) is 9.21 Å². The highest BCUT2D eigenvalue weighted by atomic mass is 32.2. The minimum Gasteiger partial charge on any atom is -0.481 e. The van der Waals surface area contributed by atoms with Crippen molar-refractivity contribution in [3.8, 4) is 0 Å². The van der Waals surface area contributed by atoms with E-state index >= 15 is 0 Å². The quantitative estimate of drug-likeness (QED) is 0.725. The lowest BCUT2D eigenvalue weighted by molar-refractivity contribution is -0.138. The lowest BCUT2D eigenvalue weighted by Crippen LogP contribution is -2.59. The smallest absolute Gasteiger partial charge is 0.305 e. The SMILES string of the molecule is CC1C(CC(=O)O)N(S(C)(=O)=O)CCN1C. The molecule has 1 heterocycles. The van der Waals surface area contributed by atoms with Crippen LogP contribution in [-0.4, -0.2) is 67.2 Å². The Balaban J connectivity index is 2.94. The van der Waals surface area contributed by atoms with Gasteiger partial charge in [0.25, 0.3) is 0 Å². The van der Waals surface area contributed by atoms with Crippen LogP contribution in [0.2, 0.25) is 0 Å². The van der Waals surface area contributed by atoms with Gasteiger partial charge in [-0.15, -0.1) is 0 Å². The average Bonchev–Trinajstić information content (AvgIpc) is 2.10. The van der Waals surface area contributed by atoms with Crippen LogP contribution in [0.25, 0.3) is 0 Å². The van der Waals surface area contributed by atoms with Gasteiger partial charge < -0.3 is 10.0 Å². The number of carbonyl (C=O) groups is 1. The van der Waals surface area contributed by atoms with Gasteiger partial charge in [-0.2, -0.15) is 4.31 Å². The van der Waals surface area contributed by atoms with Crippen molar-refractivity contribution in [3.05, 3.63) is 0 Å². The van der Waals surface area contributed by atoms with Crippen molar-refractivity contribution in [3.63, 3.8) is 0 Å². The maximum Gasteiger partial charge on any atom is 0.305 e. The summed E-state index contributed by atoms with van der Waals surface area (Å²) in [5.41, 5.74) is 0. The summed E-state index contributed by atoms with van der Waals surface area (Å²) in [5, 5.41) is 8.81. The minimum absolute atomic E-state index is 0.0837. The number of likely N-dealkylation sites (N-methyl/N-ethyl adjacent to an activating group) is 1. The first-order valence-corrected chi connectivity index (χ1v) is 6.97. The van der Waals surface area contributed by atoms with Crippen LogP contribution in [0.15, 0.2) is 0 Å². The molecule has 0 aromatic heterocycles. The molecule has 1 aliphatic heterocycles. The molecule has 1 rings (SSSR count). The number of piperazine rings is 1. The number of aliphatic carboxylic acids is 1. The third-order valence-corrected chi connectivity index (χ3v) is 4.41. The maximum atomic E-state index is 11.5. The fourth-order valence-electron chi connectivity index (χ4n) is 2.02. The topological polar surface area (TPSA) is 77.9 Å². The van der Waals surface area contributed by atoms with Gasteiger partial charge in [0.1, 0.15) is 0 Å². The Kier molecular flexibility index (Phi) is 3.92. The number of hydrogen-bond acceptors (Lipinski definition) is 4. The van der Waals surface area contributed by atoms with Gasteiger partial charge in [-0.25, -0.2) is 8.42 Å². The molecule has 0 radical (unpaired) electrons. The molecule has 1 aliphatic rings. The van der Waals surface area contributed by atoms with Gasteiger partial charge in [0, 0.05) is 19.1 Å². The van der Waals surface area contributed by atoms with E-state index in [1.165, 1.54) is 4.31 Å². The molecule has 0 aromatic carbocycles. The molecule has 0 aliphatic carbocycles. The number of hydrogen-bond donors (Lipinski definition) is 1. The minimum atomic E-state index is -3.33. The Bertz CT molecular complexity index is 368. The fourth-order valence-corrected chi connectivity index (χ4v) is 3.18. The van der Waals surface area contributed by atoms with Crippen molar-refractivity contribution >= 4 is 16.0 Å². The van der Waals surface area contributed by atoms with E-state index in [4.69, 9.17) is 5.11 Å². The number of carboxylic acids is 1. The molecule has 2 atom stereocenters. The summed E-state index contributed by atoms with van der Waals surface area (Å²) in [6.45, 7) is 2.84. The highest BCUT2D eigenvalue weighted by molar-refractivity contribution is 7.88. The van der Waals surface area contributed by atoms with Crippen LogP contribution in [0.1, 0.15) is 13.3 Å². The molecule has 16 heavy (non-hydrogen) atoms. The van der Waals surface area contributed by atoms with Crippen LogP contribution in [-0.2, 0) is 14.8 Å². The van der Waals surface area contributed by atoms with Crippen LogP contribution in [0.3, 0.4) is 0 Å². The molecule has 1 saturated heterocycles. The molecule has 0 amide bonds. The standard InChI is InChI=1S/C9H18N2O4S/c1-7-8(6-9(12)13)11(16(3,14)15)5-4-10(7)2/h7-8H,4-6H2,1-3H3,(H,12,13). The van der Waals surface area contributed by atoms with Crippen molar-refractivity contribution in [1.29, 1.82) is 0 Å². The van der Waals surface area contributed by atoms with Crippen LogP contribution in [0.5, 0.6) is 0 Å². The Morgan fingerprint density at radius 1 is 1.44 bits per heavy atom. The summed E-state index contributed by atoms with van der Waals surface area (Å²) in [5.74, 6) is -0.971. The maximum absolute atomic E-state index is 11.5. The molecule has 0 bridgehead atoms. The van der Waals surface area contributed by atoms with E-state index in [9.17, 15) is 13.2 Å². The molecule has 0 aromatic rings. The van der Waals surface area contributed by atoms with Crippen LogP contribution in [0, 0.1) is 0 Å². The van der Waals surface area contributed by atoms with Crippen molar-refractivity contribution in [2.45, 2.75) is 25.4 Å². The zero-order valence-corrected chi connectivity index (χ0v) is 10.6. The van der Waals surface area contributed by atoms with E-state index in [0.29, 0.717) is 13.1 Å². The molecule has 2 unspecified atom stereocenters. The van der Waals surface area contributed by atoms with E-state index < -0.39 is 22.0 Å². The first-order chi connectivity index (χ1) is 7.23. The first-order valence-electron chi connectivity index (χ1n) is 5.12. The van der Waals surface area contributed by atoms with Gasteiger partial charge in [0.15, 0.2) is 0 Å². The van der Waals surface area contributed by atoms with Gasteiger partial charge in [-0.05, 0) is 14.0 Å². The van der Waals surface area contributed by atoms with E-state index in [1.807, 2.05) is 18.9 Å². The lowest BCUT2D eigenvalue weighted by Gasteiger charge is -2.43. The summed E-state index contributed by atoms with van der Waals surface area (Å²) in [6.07, 6.45) is 0.971. The number of nitrogens with zero attached hydrogens (tertiary/aromatic N) is 2. The Labute approximate surface area is 95.9 Å². The summed E-state index contributed by atoms with van der Waals surface area (Å²) in [7, 11) is -1.46. The van der Waals surface area contributed by atoms with Gasteiger partial charge >= 0.3 is 5.97 Å². The second-order valence-electron chi connectivity index (χ2n) is 4.26. The van der Waals surface area contributed by atoms with Gasteiger partial charge in [-0.1, -0.05) is 0 Å². The number of rotatable bonds is 3. The second kappa shape index (κ2) is 4.68. The molecular weight excluding hydrogens is 232 g/mol. The molecule has 7 heteroatoms. The Morgan fingerprint density at radius 3 is 2.44 bits per heavy atom. The predicted octanol–water partition coefficient (Wildman–Crippen LogP) is -0.575. The van der Waals surface area contributed by atoms with E-state index in [0.717, 1.165) is 6.26 Å². The van der Waals surface area contributed by atoms with E-state index in [-0.39, 0.29) is 12.5 Å². The average molecular weight is 250 g/mol. The molecule has 0 spiro atoms. The van der Waals surface area contributed by atoms with Crippen molar-refractivity contribution < 1.29 is 18.3 Å². The van der Waals surface area contributed by atoms with E-state index in [2.05, 4.69) is 0 Å². The molecule has 6 nitrogen and oxygen atoms in total. The summed E-state index contributed by atoms with van der Waals surface area (Å²) < 4.78 is 24.4. The molecule has 1 N–H and O–H groups in total. The van der Waals surface area contributed by atoms with Crippen LogP contribution >= 0.6 is 0 Å². The van der Waals surface area contributed by atoms with E-state index in [1.54, 1.807) is 0 Å². The fraction of sp³-hybridized carbons (Fsp3) is 0.889. The normalized spacial score (nSPS) is 29.2. The van der Waals surface area contributed by atoms with Crippen molar-refractivity contribution in [2.75, 3.05) is 26.4 Å². The number of carboxylic acid groups (broad SMARTS) is 1. The van der Waals surface area contributed by atoms with Gasteiger partial charge in [0.05, 0.1) is 18.7 Å². The third kappa shape index (κ3) is 2.93. The molecule has 94 valence electrons. The van der Waals surface area contributed by atoms with Crippen molar-refractivity contribution in [2.24, 2.45) is 0 Å². The van der Waals surface area contributed by atoms with Crippen LogP contribution in [0.4, 0.5) is 0 Å². The monoisotopic (exact) mass is 250 g/mol. The second-order valence-corrected chi connectivity index (χ2v) is 6.20.